The predicted molar refractivity (Wildman–Crippen MR) is 113 cm³/mol. The van der Waals surface area contributed by atoms with Crippen LogP contribution in [0.2, 0.25) is 0 Å². The van der Waals surface area contributed by atoms with E-state index in [0.29, 0.717) is 18.4 Å². The second kappa shape index (κ2) is 8.64. The number of fused-ring (bicyclic) bond motifs is 2. The third-order valence-electron chi connectivity index (χ3n) is 5.66. The molecule has 4 N–H and O–H groups in total. The number of aryl methyl sites for hydroxylation is 1. The molecule has 0 saturated heterocycles. The number of aromatic amines is 1. The quantitative estimate of drug-likeness (QED) is 0.243. The fourth-order valence-electron chi connectivity index (χ4n) is 4.05. The normalized spacial score (nSPS) is 14.0. The van der Waals surface area contributed by atoms with Crippen molar-refractivity contribution < 1.29 is 29.5 Å². The summed E-state index contributed by atoms with van der Waals surface area (Å²) in [5.74, 6) is -2.94. The van der Waals surface area contributed by atoms with Gasteiger partial charge in [-0.15, -0.1) is 0 Å². The van der Waals surface area contributed by atoms with E-state index in [-0.39, 0.29) is 24.0 Å². The highest BCUT2D eigenvalue weighted by Gasteiger charge is 2.42. The number of carboxylic acids is 1. The molecule has 9 nitrogen and oxygen atoms in total. The van der Waals surface area contributed by atoms with Crippen LogP contribution in [0.5, 0.6) is 0 Å². The van der Waals surface area contributed by atoms with Crippen LogP contribution in [0.3, 0.4) is 0 Å². The van der Waals surface area contributed by atoms with Gasteiger partial charge in [-0.3, -0.25) is 24.5 Å². The van der Waals surface area contributed by atoms with Gasteiger partial charge in [0, 0.05) is 29.9 Å². The maximum absolute atomic E-state index is 12.8. The van der Waals surface area contributed by atoms with Crippen molar-refractivity contribution in [2.75, 3.05) is 0 Å². The minimum atomic E-state index is -1.35. The van der Waals surface area contributed by atoms with E-state index in [4.69, 9.17) is 5.21 Å². The van der Waals surface area contributed by atoms with Gasteiger partial charge in [0.1, 0.15) is 6.04 Å². The Morgan fingerprint density at radius 1 is 1.06 bits per heavy atom. The summed E-state index contributed by atoms with van der Waals surface area (Å²) in [6, 6.07) is 10.6. The molecule has 1 atom stereocenters. The summed E-state index contributed by atoms with van der Waals surface area (Å²) in [5, 5.41) is 19.2. The number of rotatable bonds is 8. The highest BCUT2D eigenvalue weighted by atomic mass is 16.5. The van der Waals surface area contributed by atoms with E-state index in [1.807, 2.05) is 18.2 Å². The van der Waals surface area contributed by atoms with Crippen molar-refractivity contribution in [2.45, 2.75) is 31.7 Å². The van der Waals surface area contributed by atoms with E-state index < -0.39 is 29.7 Å². The number of hydrogen-bond donors (Lipinski definition) is 4. The minimum Gasteiger partial charge on any atom is -0.480 e. The van der Waals surface area contributed by atoms with Crippen molar-refractivity contribution >= 4 is 34.6 Å². The van der Waals surface area contributed by atoms with E-state index in [1.54, 1.807) is 23.8 Å². The van der Waals surface area contributed by atoms with Crippen LogP contribution in [0, 0.1) is 0 Å². The number of carbonyl (C=O) groups is 4. The van der Waals surface area contributed by atoms with E-state index in [0.717, 1.165) is 21.4 Å². The van der Waals surface area contributed by atoms with Gasteiger partial charge in [0.2, 0.25) is 5.91 Å². The van der Waals surface area contributed by atoms with Crippen LogP contribution in [0.1, 0.15) is 44.7 Å². The summed E-state index contributed by atoms with van der Waals surface area (Å²) >= 11 is 0. The van der Waals surface area contributed by atoms with Gasteiger partial charge in [0.25, 0.3) is 11.8 Å². The first-order chi connectivity index (χ1) is 15.4. The Kier molecular flexibility index (Phi) is 5.74. The number of imide groups is 1. The van der Waals surface area contributed by atoms with Crippen LogP contribution in [0.4, 0.5) is 0 Å². The zero-order chi connectivity index (χ0) is 22.8. The Morgan fingerprint density at radius 3 is 2.38 bits per heavy atom. The summed E-state index contributed by atoms with van der Waals surface area (Å²) in [4.78, 5) is 52.7. The molecular weight excluding hydrogens is 414 g/mol. The molecule has 0 aliphatic carbocycles. The second-order valence-electron chi connectivity index (χ2n) is 7.67. The number of amides is 3. The Morgan fingerprint density at radius 2 is 1.75 bits per heavy atom. The van der Waals surface area contributed by atoms with Crippen molar-refractivity contribution in [3.05, 3.63) is 70.9 Å². The van der Waals surface area contributed by atoms with E-state index in [2.05, 4.69) is 4.98 Å². The average Bonchev–Trinajstić information content (AvgIpc) is 3.30. The van der Waals surface area contributed by atoms with Crippen molar-refractivity contribution in [1.29, 1.82) is 0 Å². The maximum Gasteiger partial charge on any atom is 0.327 e. The van der Waals surface area contributed by atoms with Crippen molar-refractivity contribution in [2.24, 2.45) is 0 Å². The fraction of sp³-hybridized carbons (Fsp3) is 0.217. The Hall–Kier alpha value is -3.98. The monoisotopic (exact) mass is 435 g/mol. The van der Waals surface area contributed by atoms with Gasteiger partial charge in [0.15, 0.2) is 0 Å². The standard InChI is InChI=1S/C23H21N3O6/c27-20(25-32)7-3-4-13-8-9-18-17(10-13)14(12-24-18)11-19(23(30)31)26-21(28)15-5-1-2-6-16(15)22(26)29/h1-2,5-6,8-10,12,19,24,32H,3-4,7,11H2,(H,25,27)(H,30,31)/t19-/m0/s1. The van der Waals surface area contributed by atoms with Crippen LogP contribution >= 0.6 is 0 Å². The van der Waals surface area contributed by atoms with Gasteiger partial charge in [0.05, 0.1) is 11.1 Å². The van der Waals surface area contributed by atoms with Gasteiger partial charge in [-0.2, -0.15) is 0 Å². The maximum atomic E-state index is 12.8. The molecule has 1 aromatic heterocycles. The van der Waals surface area contributed by atoms with Crippen molar-refractivity contribution in [3.63, 3.8) is 0 Å². The number of H-pyrrole nitrogens is 1. The van der Waals surface area contributed by atoms with E-state index in [9.17, 15) is 24.3 Å². The number of aliphatic carboxylic acids is 1. The van der Waals surface area contributed by atoms with Crippen LogP contribution in [-0.4, -0.2) is 49.9 Å². The molecule has 1 aliphatic heterocycles. The van der Waals surface area contributed by atoms with E-state index in [1.165, 1.54) is 12.1 Å². The molecule has 164 valence electrons. The van der Waals surface area contributed by atoms with Gasteiger partial charge in [-0.05, 0) is 48.2 Å². The molecule has 9 heteroatoms. The summed E-state index contributed by atoms with van der Waals surface area (Å²) < 4.78 is 0. The summed E-state index contributed by atoms with van der Waals surface area (Å²) in [6.45, 7) is 0. The summed E-state index contributed by atoms with van der Waals surface area (Å²) in [7, 11) is 0. The zero-order valence-corrected chi connectivity index (χ0v) is 17.0. The van der Waals surface area contributed by atoms with Crippen molar-refractivity contribution in [3.8, 4) is 0 Å². The first-order valence-corrected chi connectivity index (χ1v) is 10.1. The smallest absolute Gasteiger partial charge is 0.327 e. The lowest BCUT2D eigenvalue weighted by atomic mass is 10.0. The van der Waals surface area contributed by atoms with Gasteiger partial charge in [-0.1, -0.05) is 18.2 Å². The lowest BCUT2D eigenvalue weighted by Crippen LogP contribution is -2.46. The highest BCUT2D eigenvalue weighted by Crippen LogP contribution is 2.28. The lowest BCUT2D eigenvalue weighted by Gasteiger charge is -2.22. The molecular formula is C23H21N3O6. The first-order valence-electron chi connectivity index (χ1n) is 10.1. The topological polar surface area (TPSA) is 140 Å². The molecule has 0 spiro atoms. The average molecular weight is 435 g/mol. The molecule has 4 rings (SSSR count). The minimum absolute atomic E-state index is 0.0445. The molecule has 3 aromatic rings. The molecule has 0 fully saturated rings. The molecule has 2 heterocycles. The van der Waals surface area contributed by atoms with Gasteiger partial charge in [-0.25, -0.2) is 10.3 Å². The number of hydroxylamine groups is 1. The van der Waals surface area contributed by atoms with Crippen LogP contribution in [-0.2, 0) is 22.4 Å². The highest BCUT2D eigenvalue weighted by molar-refractivity contribution is 6.22. The Balaban J connectivity index is 1.59. The molecule has 0 bridgehead atoms. The second-order valence-corrected chi connectivity index (χ2v) is 7.67. The third-order valence-corrected chi connectivity index (χ3v) is 5.66. The number of carboxylic acid groups (broad SMARTS) is 1. The number of hydrogen-bond acceptors (Lipinski definition) is 5. The Bertz CT molecular complexity index is 1200. The molecule has 3 amide bonds. The van der Waals surface area contributed by atoms with Crippen LogP contribution in [0.15, 0.2) is 48.7 Å². The molecule has 1 aliphatic rings. The molecule has 0 saturated carbocycles. The third kappa shape index (κ3) is 3.85. The van der Waals surface area contributed by atoms with Crippen molar-refractivity contribution in [1.82, 2.24) is 15.4 Å². The number of nitrogens with one attached hydrogen (secondary N) is 2. The molecule has 0 radical (unpaired) electrons. The van der Waals surface area contributed by atoms with Crippen LogP contribution < -0.4 is 5.48 Å². The number of carbonyl (C=O) groups excluding carboxylic acids is 3. The molecule has 32 heavy (non-hydrogen) atoms. The largest absolute Gasteiger partial charge is 0.480 e. The van der Waals surface area contributed by atoms with Crippen LogP contribution in [0.25, 0.3) is 10.9 Å². The zero-order valence-electron chi connectivity index (χ0n) is 17.0. The first kappa shape index (κ1) is 21.3. The molecule has 0 unspecified atom stereocenters. The summed E-state index contributed by atoms with van der Waals surface area (Å²) in [5.41, 5.74) is 4.41. The number of benzene rings is 2. The SMILES string of the molecule is O=C(CCCc1ccc2[nH]cc(C[C@@H](C(=O)O)N3C(=O)c4ccccc4C3=O)c2c1)NO. The van der Waals surface area contributed by atoms with E-state index >= 15 is 0 Å². The lowest BCUT2D eigenvalue weighted by molar-refractivity contribution is -0.141. The number of nitrogens with zero attached hydrogens (tertiary/aromatic N) is 1. The Labute approximate surface area is 182 Å². The number of aromatic nitrogens is 1. The summed E-state index contributed by atoms with van der Waals surface area (Å²) in [6.07, 6.45) is 2.94. The van der Waals surface area contributed by atoms with Gasteiger partial charge >= 0.3 is 5.97 Å². The predicted octanol–water partition coefficient (Wildman–Crippen LogP) is 2.29. The fourth-order valence-corrected chi connectivity index (χ4v) is 4.05. The van der Waals surface area contributed by atoms with Gasteiger partial charge < -0.3 is 10.1 Å². The molecule has 2 aromatic carbocycles.